The first-order chi connectivity index (χ1) is 16.4. The number of anilines is 1. The van der Waals surface area contributed by atoms with E-state index in [9.17, 15) is 9.59 Å². The zero-order chi connectivity index (χ0) is 24.7. The number of carbonyl (C=O) groups excluding carboxylic acids is 2. The second-order valence-corrected chi connectivity index (χ2v) is 8.37. The van der Waals surface area contributed by atoms with E-state index in [1.807, 2.05) is 38.1 Å². The molecule has 0 aromatic heterocycles. The van der Waals surface area contributed by atoms with E-state index in [2.05, 4.69) is 23.4 Å². The van der Waals surface area contributed by atoms with E-state index in [0.717, 1.165) is 6.42 Å². The van der Waals surface area contributed by atoms with E-state index in [-0.39, 0.29) is 23.8 Å². The molecule has 2 atom stereocenters. The van der Waals surface area contributed by atoms with Crippen LogP contribution in [0.5, 0.6) is 5.75 Å². The molecule has 2 aromatic rings. The summed E-state index contributed by atoms with van der Waals surface area (Å²) in [4.78, 5) is 28.1. The Labute approximate surface area is 200 Å². The molecule has 34 heavy (non-hydrogen) atoms. The van der Waals surface area contributed by atoms with Gasteiger partial charge in [-0.25, -0.2) is 4.79 Å². The molecule has 0 radical (unpaired) electrons. The zero-order valence-electron chi connectivity index (χ0n) is 20.0. The van der Waals surface area contributed by atoms with Gasteiger partial charge in [0.05, 0.1) is 25.1 Å². The standard InChI is InChI=1S/C27H31N3O4/c1-6-16-30-24-11-9-8-10-23(24)27(26(30)32,17-20(4)25(31)34-18-19(3)7-2)29-28-21-12-14-22(33-5)15-13-21/h6,8-15,19H,1,4,7,16-18H2,2-3,5H3. The minimum Gasteiger partial charge on any atom is -0.497 e. The van der Waals surface area contributed by atoms with Gasteiger partial charge in [0.2, 0.25) is 0 Å². The summed E-state index contributed by atoms with van der Waals surface area (Å²) in [5.41, 5.74) is 0.654. The van der Waals surface area contributed by atoms with Gasteiger partial charge in [-0.15, -0.1) is 6.58 Å². The van der Waals surface area contributed by atoms with Gasteiger partial charge in [0, 0.05) is 24.1 Å². The molecule has 1 aliphatic heterocycles. The fourth-order valence-corrected chi connectivity index (χ4v) is 3.73. The van der Waals surface area contributed by atoms with Crippen molar-refractivity contribution < 1.29 is 19.1 Å². The summed E-state index contributed by atoms with van der Waals surface area (Å²) >= 11 is 0. The second-order valence-electron chi connectivity index (χ2n) is 8.37. The topological polar surface area (TPSA) is 80.6 Å². The van der Waals surface area contributed by atoms with E-state index in [4.69, 9.17) is 9.47 Å². The molecule has 2 aromatic carbocycles. The van der Waals surface area contributed by atoms with E-state index < -0.39 is 11.5 Å². The molecule has 2 unspecified atom stereocenters. The number of amides is 1. The highest BCUT2D eigenvalue weighted by molar-refractivity contribution is 6.09. The van der Waals surface area contributed by atoms with Gasteiger partial charge < -0.3 is 14.4 Å². The van der Waals surface area contributed by atoms with Crippen molar-refractivity contribution in [2.45, 2.75) is 32.2 Å². The van der Waals surface area contributed by atoms with E-state index in [1.165, 1.54) is 0 Å². The Morgan fingerprint density at radius 2 is 1.91 bits per heavy atom. The number of methoxy groups -OCH3 is 1. The highest BCUT2D eigenvalue weighted by Crippen LogP contribution is 2.47. The van der Waals surface area contributed by atoms with Crippen LogP contribution in [0.4, 0.5) is 11.4 Å². The second kappa shape index (κ2) is 10.9. The van der Waals surface area contributed by atoms with E-state index in [0.29, 0.717) is 35.8 Å². The van der Waals surface area contributed by atoms with Gasteiger partial charge >= 0.3 is 5.97 Å². The van der Waals surface area contributed by atoms with Crippen molar-refractivity contribution >= 4 is 23.3 Å². The molecule has 3 rings (SSSR count). The van der Waals surface area contributed by atoms with Crippen LogP contribution in [-0.2, 0) is 19.9 Å². The van der Waals surface area contributed by atoms with Crippen LogP contribution in [0, 0.1) is 5.92 Å². The largest absolute Gasteiger partial charge is 0.497 e. The third kappa shape index (κ3) is 5.09. The van der Waals surface area contributed by atoms with Gasteiger partial charge in [-0.05, 0) is 36.2 Å². The third-order valence-corrected chi connectivity index (χ3v) is 5.91. The molecular weight excluding hydrogens is 430 g/mol. The predicted octanol–water partition coefficient (Wildman–Crippen LogP) is 5.74. The maximum atomic E-state index is 13.8. The molecule has 0 saturated heterocycles. The van der Waals surface area contributed by atoms with Crippen LogP contribution in [0.1, 0.15) is 32.3 Å². The zero-order valence-corrected chi connectivity index (χ0v) is 20.0. The highest BCUT2D eigenvalue weighted by Gasteiger charge is 2.52. The van der Waals surface area contributed by atoms with Crippen LogP contribution in [-0.4, -0.2) is 32.1 Å². The van der Waals surface area contributed by atoms with Crippen molar-refractivity contribution in [3.05, 3.63) is 78.9 Å². The molecular formula is C27H31N3O4. The minimum atomic E-state index is -1.44. The number of fused-ring (bicyclic) bond motifs is 1. The summed E-state index contributed by atoms with van der Waals surface area (Å²) in [6.45, 7) is 12.4. The fourth-order valence-electron chi connectivity index (χ4n) is 3.73. The third-order valence-electron chi connectivity index (χ3n) is 5.91. The molecule has 178 valence electrons. The number of hydrogen-bond donors (Lipinski definition) is 0. The summed E-state index contributed by atoms with van der Waals surface area (Å²) in [7, 11) is 1.58. The average molecular weight is 462 g/mol. The van der Waals surface area contributed by atoms with Gasteiger partial charge in [-0.3, -0.25) is 4.79 Å². The number of carbonyl (C=O) groups is 2. The van der Waals surface area contributed by atoms with Crippen molar-refractivity contribution in [3.63, 3.8) is 0 Å². The lowest BCUT2D eigenvalue weighted by molar-refractivity contribution is -0.140. The van der Waals surface area contributed by atoms with Crippen LogP contribution >= 0.6 is 0 Å². The molecule has 1 heterocycles. The number of benzene rings is 2. The number of azo groups is 1. The Hall–Kier alpha value is -3.74. The molecule has 7 nitrogen and oxygen atoms in total. The smallest absolute Gasteiger partial charge is 0.333 e. The van der Waals surface area contributed by atoms with Crippen molar-refractivity contribution in [2.75, 3.05) is 25.2 Å². The first-order valence-electron chi connectivity index (χ1n) is 11.3. The molecule has 0 aliphatic carbocycles. The first kappa shape index (κ1) is 24.9. The fraction of sp³-hybridized carbons (Fsp3) is 0.333. The van der Waals surface area contributed by atoms with Crippen LogP contribution in [0.25, 0.3) is 0 Å². The maximum Gasteiger partial charge on any atom is 0.333 e. The molecule has 0 saturated carbocycles. The Bertz CT molecular complexity index is 1090. The predicted molar refractivity (Wildman–Crippen MR) is 132 cm³/mol. The Balaban J connectivity index is 2.00. The van der Waals surface area contributed by atoms with Crippen LogP contribution < -0.4 is 9.64 Å². The SMILES string of the molecule is C=CCN1C(=O)C(CC(=C)C(=O)OCC(C)CC)(N=Nc2ccc(OC)cc2)c2ccccc21. The Morgan fingerprint density at radius 1 is 1.21 bits per heavy atom. The summed E-state index contributed by atoms with van der Waals surface area (Å²) in [6, 6.07) is 14.4. The summed E-state index contributed by atoms with van der Waals surface area (Å²) in [5, 5.41) is 8.94. The van der Waals surface area contributed by atoms with Gasteiger partial charge in [-0.1, -0.05) is 51.1 Å². The number of rotatable bonds is 11. The van der Waals surface area contributed by atoms with Crippen molar-refractivity contribution in [3.8, 4) is 5.75 Å². The maximum absolute atomic E-state index is 13.8. The molecule has 1 aliphatic rings. The van der Waals surface area contributed by atoms with Gasteiger partial charge in [0.1, 0.15) is 5.75 Å². The number of ether oxygens (including phenoxy) is 2. The Kier molecular flexibility index (Phi) is 7.99. The van der Waals surface area contributed by atoms with Gasteiger partial charge in [0.15, 0.2) is 5.54 Å². The molecule has 0 bridgehead atoms. The first-order valence-corrected chi connectivity index (χ1v) is 11.3. The molecule has 0 N–H and O–H groups in total. The molecule has 7 heteroatoms. The number of para-hydroxylation sites is 1. The number of esters is 1. The van der Waals surface area contributed by atoms with Crippen LogP contribution in [0.2, 0.25) is 0 Å². The average Bonchev–Trinajstić information content (AvgIpc) is 3.09. The highest BCUT2D eigenvalue weighted by atomic mass is 16.5. The van der Waals surface area contributed by atoms with E-state index in [1.54, 1.807) is 42.4 Å². The number of nitrogens with zero attached hydrogens (tertiary/aromatic N) is 3. The molecule has 0 spiro atoms. The van der Waals surface area contributed by atoms with Crippen LogP contribution in [0.3, 0.4) is 0 Å². The lowest BCUT2D eigenvalue weighted by Crippen LogP contribution is -2.40. The van der Waals surface area contributed by atoms with Crippen LogP contribution in [0.15, 0.2) is 83.6 Å². The number of hydrogen-bond acceptors (Lipinski definition) is 6. The van der Waals surface area contributed by atoms with E-state index >= 15 is 0 Å². The molecule has 0 fully saturated rings. The monoisotopic (exact) mass is 461 g/mol. The lowest BCUT2D eigenvalue weighted by atomic mass is 9.86. The summed E-state index contributed by atoms with van der Waals surface area (Å²) in [5.74, 6) is 0.0939. The summed E-state index contributed by atoms with van der Waals surface area (Å²) in [6.07, 6.45) is 2.50. The Morgan fingerprint density at radius 3 is 2.56 bits per heavy atom. The van der Waals surface area contributed by atoms with Gasteiger partial charge in [-0.2, -0.15) is 10.2 Å². The molecule has 1 amide bonds. The van der Waals surface area contributed by atoms with Gasteiger partial charge in [0.25, 0.3) is 5.91 Å². The van der Waals surface area contributed by atoms with Crippen molar-refractivity contribution in [2.24, 2.45) is 16.1 Å². The quantitative estimate of drug-likeness (QED) is 0.185. The van der Waals surface area contributed by atoms with Crippen molar-refractivity contribution in [1.82, 2.24) is 0 Å². The normalized spacial score (nSPS) is 18.0. The minimum absolute atomic E-state index is 0.0461. The lowest BCUT2D eigenvalue weighted by Gasteiger charge is -2.24. The summed E-state index contributed by atoms with van der Waals surface area (Å²) < 4.78 is 10.6. The van der Waals surface area contributed by atoms with Crippen molar-refractivity contribution in [1.29, 1.82) is 0 Å².